The number of aromatic nitrogens is 2. The lowest BCUT2D eigenvalue weighted by Crippen LogP contribution is -2.48. The number of hydrogen-bond acceptors (Lipinski definition) is 7. The van der Waals surface area contributed by atoms with E-state index in [0.717, 1.165) is 0 Å². The average molecular weight is 507 g/mol. The SMILES string of the molecule is COc1cc(NC(=O)C(=O)NC(C)(C)CCOc2ccc3[nH]c(C(=O)O)cc3c2)ccc1-c1cnco1. The maximum absolute atomic E-state index is 12.5. The van der Waals surface area contributed by atoms with Crippen LogP contribution < -0.4 is 20.1 Å². The Balaban J connectivity index is 1.31. The molecular formula is C26H26N4O7. The second-order valence-electron chi connectivity index (χ2n) is 8.91. The number of amides is 2. The Morgan fingerprint density at radius 3 is 2.62 bits per heavy atom. The molecule has 0 aliphatic carbocycles. The van der Waals surface area contributed by atoms with Gasteiger partial charge in [0.15, 0.2) is 12.2 Å². The van der Waals surface area contributed by atoms with E-state index in [-0.39, 0.29) is 12.3 Å². The summed E-state index contributed by atoms with van der Waals surface area (Å²) in [5, 5.41) is 15.1. The van der Waals surface area contributed by atoms with Gasteiger partial charge in [0.25, 0.3) is 0 Å². The first-order valence-electron chi connectivity index (χ1n) is 11.3. The molecule has 4 N–H and O–H groups in total. The molecule has 0 fully saturated rings. The lowest BCUT2D eigenvalue weighted by molar-refractivity contribution is -0.137. The van der Waals surface area contributed by atoms with E-state index >= 15 is 0 Å². The molecular weight excluding hydrogens is 480 g/mol. The number of carbonyl (C=O) groups excluding carboxylic acids is 2. The average Bonchev–Trinajstić information content (AvgIpc) is 3.53. The minimum Gasteiger partial charge on any atom is -0.496 e. The fraction of sp³-hybridized carbons (Fsp3) is 0.231. The molecule has 0 saturated heterocycles. The Bertz CT molecular complexity index is 1440. The molecule has 0 aliphatic rings. The van der Waals surface area contributed by atoms with E-state index in [4.69, 9.17) is 19.0 Å². The van der Waals surface area contributed by atoms with E-state index in [1.54, 1.807) is 56.4 Å². The molecule has 11 nitrogen and oxygen atoms in total. The normalized spacial score (nSPS) is 11.2. The number of nitrogens with one attached hydrogen (secondary N) is 3. The van der Waals surface area contributed by atoms with E-state index in [1.807, 2.05) is 0 Å². The predicted octanol–water partition coefficient (Wildman–Crippen LogP) is 3.83. The van der Waals surface area contributed by atoms with Crippen LogP contribution in [0.4, 0.5) is 5.69 Å². The van der Waals surface area contributed by atoms with Gasteiger partial charge in [-0.05, 0) is 50.2 Å². The van der Waals surface area contributed by atoms with Gasteiger partial charge < -0.3 is 34.6 Å². The molecule has 2 amide bonds. The number of anilines is 1. The summed E-state index contributed by atoms with van der Waals surface area (Å²) < 4.78 is 16.4. The van der Waals surface area contributed by atoms with Crippen molar-refractivity contribution in [2.45, 2.75) is 25.8 Å². The number of H-pyrrole nitrogens is 1. The van der Waals surface area contributed by atoms with Gasteiger partial charge >= 0.3 is 17.8 Å². The number of methoxy groups -OCH3 is 1. The van der Waals surface area contributed by atoms with Crippen LogP contribution in [0.15, 0.2) is 59.5 Å². The van der Waals surface area contributed by atoms with Crippen LogP contribution in [0.5, 0.6) is 11.5 Å². The second kappa shape index (κ2) is 10.4. The number of ether oxygens (including phenoxy) is 2. The summed E-state index contributed by atoms with van der Waals surface area (Å²) in [7, 11) is 1.49. The molecule has 0 radical (unpaired) electrons. The third-order valence-corrected chi connectivity index (χ3v) is 5.63. The molecule has 0 atom stereocenters. The van der Waals surface area contributed by atoms with Crippen LogP contribution in [0.3, 0.4) is 0 Å². The van der Waals surface area contributed by atoms with Crippen molar-refractivity contribution >= 4 is 34.4 Å². The number of carboxylic acids is 1. The zero-order chi connectivity index (χ0) is 26.6. The number of hydrogen-bond donors (Lipinski definition) is 4. The maximum Gasteiger partial charge on any atom is 0.352 e. The third kappa shape index (κ3) is 6.07. The fourth-order valence-corrected chi connectivity index (χ4v) is 3.68. The molecule has 4 aromatic rings. The minimum absolute atomic E-state index is 0.0958. The van der Waals surface area contributed by atoms with Gasteiger partial charge in [0.2, 0.25) is 0 Å². The van der Waals surface area contributed by atoms with Crippen LogP contribution in [0.25, 0.3) is 22.2 Å². The second-order valence-corrected chi connectivity index (χ2v) is 8.91. The predicted molar refractivity (Wildman–Crippen MR) is 135 cm³/mol. The lowest BCUT2D eigenvalue weighted by Gasteiger charge is -2.26. The molecule has 0 unspecified atom stereocenters. The first-order valence-corrected chi connectivity index (χ1v) is 11.3. The van der Waals surface area contributed by atoms with Crippen molar-refractivity contribution < 1.29 is 33.4 Å². The summed E-state index contributed by atoms with van der Waals surface area (Å²) in [6.07, 6.45) is 3.26. The Labute approximate surface area is 211 Å². The van der Waals surface area contributed by atoms with E-state index < -0.39 is 23.3 Å². The largest absolute Gasteiger partial charge is 0.496 e. The zero-order valence-electron chi connectivity index (χ0n) is 20.5. The Hall–Kier alpha value is -4.80. The number of rotatable bonds is 9. The van der Waals surface area contributed by atoms with Crippen LogP contribution in [-0.4, -0.2) is 52.1 Å². The molecule has 37 heavy (non-hydrogen) atoms. The van der Waals surface area contributed by atoms with Crippen LogP contribution in [0, 0.1) is 0 Å². The molecule has 0 bridgehead atoms. The molecule has 0 saturated carbocycles. The summed E-state index contributed by atoms with van der Waals surface area (Å²) >= 11 is 0. The number of carboxylic acid groups (broad SMARTS) is 1. The van der Waals surface area contributed by atoms with E-state index in [2.05, 4.69) is 20.6 Å². The first-order chi connectivity index (χ1) is 17.6. The summed E-state index contributed by atoms with van der Waals surface area (Å²) in [5.41, 5.74) is 1.08. The zero-order valence-corrected chi connectivity index (χ0v) is 20.5. The van der Waals surface area contributed by atoms with Gasteiger partial charge in [0.05, 0.1) is 25.5 Å². The molecule has 4 rings (SSSR count). The van der Waals surface area contributed by atoms with Crippen LogP contribution in [0.1, 0.15) is 30.8 Å². The topological polar surface area (TPSA) is 156 Å². The summed E-state index contributed by atoms with van der Waals surface area (Å²) in [4.78, 5) is 42.9. The molecule has 2 aromatic carbocycles. The molecule has 192 valence electrons. The van der Waals surface area contributed by atoms with Crippen LogP contribution >= 0.6 is 0 Å². The fourth-order valence-electron chi connectivity index (χ4n) is 3.68. The van der Waals surface area contributed by atoms with Gasteiger partial charge in [-0.3, -0.25) is 9.59 Å². The number of aromatic amines is 1. The lowest BCUT2D eigenvalue weighted by atomic mass is 10.0. The number of fused-ring (bicyclic) bond motifs is 1. The number of nitrogens with zero attached hydrogens (tertiary/aromatic N) is 1. The summed E-state index contributed by atoms with van der Waals surface area (Å²) in [5.74, 6) is -1.14. The van der Waals surface area contributed by atoms with Crippen molar-refractivity contribution in [2.24, 2.45) is 0 Å². The number of oxazole rings is 1. The smallest absolute Gasteiger partial charge is 0.352 e. The summed E-state index contributed by atoms with van der Waals surface area (Å²) in [6, 6.07) is 11.6. The molecule has 0 spiro atoms. The van der Waals surface area contributed by atoms with Gasteiger partial charge in [-0.15, -0.1) is 0 Å². The number of aromatic carboxylic acids is 1. The van der Waals surface area contributed by atoms with Crippen molar-refractivity contribution in [1.29, 1.82) is 0 Å². The number of benzene rings is 2. The maximum atomic E-state index is 12.5. The monoisotopic (exact) mass is 506 g/mol. The van der Waals surface area contributed by atoms with Gasteiger partial charge in [-0.1, -0.05) is 0 Å². The summed E-state index contributed by atoms with van der Waals surface area (Å²) in [6.45, 7) is 3.83. The standard InChI is InChI=1S/C26H26N4O7/c1-26(2,8-9-36-17-5-7-19-15(10-17)11-20(29-19)25(33)34)30-24(32)23(31)28-16-4-6-18(21(12-16)35-3)22-13-27-14-37-22/h4-7,10-14,29H,8-9H2,1-3H3,(H,28,31)(H,30,32)(H,33,34). The van der Waals surface area contributed by atoms with Gasteiger partial charge in [-0.2, -0.15) is 0 Å². The highest BCUT2D eigenvalue weighted by molar-refractivity contribution is 6.39. The molecule has 2 aromatic heterocycles. The first kappa shape index (κ1) is 25.3. The Morgan fingerprint density at radius 2 is 1.92 bits per heavy atom. The van der Waals surface area contributed by atoms with Crippen LogP contribution in [-0.2, 0) is 9.59 Å². The molecule has 2 heterocycles. The van der Waals surface area contributed by atoms with Crippen molar-refractivity contribution in [3.05, 3.63) is 60.7 Å². The van der Waals surface area contributed by atoms with E-state index in [0.29, 0.717) is 45.8 Å². The third-order valence-electron chi connectivity index (χ3n) is 5.63. The van der Waals surface area contributed by atoms with Gasteiger partial charge in [0.1, 0.15) is 17.2 Å². The van der Waals surface area contributed by atoms with E-state index in [9.17, 15) is 14.4 Å². The highest BCUT2D eigenvalue weighted by atomic mass is 16.5. The quantitative estimate of drug-likeness (QED) is 0.250. The Kier molecular flexibility index (Phi) is 7.14. The molecule has 0 aliphatic heterocycles. The minimum atomic E-state index is -1.04. The van der Waals surface area contributed by atoms with Crippen molar-refractivity contribution in [3.63, 3.8) is 0 Å². The van der Waals surface area contributed by atoms with Crippen molar-refractivity contribution in [1.82, 2.24) is 15.3 Å². The highest BCUT2D eigenvalue weighted by Crippen LogP contribution is 2.32. The molecule has 11 heteroatoms. The van der Waals surface area contributed by atoms with Gasteiger partial charge in [0, 0.05) is 34.6 Å². The number of carbonyl (C=O) groups is 3. The van der Waals surface area contributed by atoms with Crippen LogP contribution in [0.2, 0.25) is 0 Å². The van der Waals surface area contributed by atoms with Crippen molar-refractivity contribution in [2.75, 3.05) is 19.0 Å². The van der Waals surface area contributed by atoms with Crippen molar-refractivity contribution in [3.8, 4) is 22.8 Å². The van der Waals surface area contributed by atoms with E-state index in [1.165, 1.54) is 19.6 Å². The van der Waals surface area contributed by atoms with Gasteiger partial charge in [-0.25, -0.2) is 9.78 Å². The Morgan fingerprint density at radius 1 is 1.11 bits per heavy atom. The highest BCUT2D eigenvalue weighted by Gasteiger charge is 2.25.